The fourth-order valence-electron chi connectivity index (χ4n) is 3.34. The van der Waals surface area contributed by atoms with Crippen molar-refractivity contribution in [1.29, 1.82) is 0 Å². The van der Waals surface area contributed by atoms with Gasteiger partial charge in [-0.15, -0.1) is 16.4 Å². The highest BCUT2D eigenvalue weighted by Gasteiger charge is 2.52. The number of rotatable bonds is 5. The Bertz CT molecular complexity index is 859. The summed E-state index contributed by atoms with van der Waals surface area (Å²) in [6.07, 6.45) is 4.06. The quantitative estimate of drug-likeness (QED) is 0.515. The van der Waals surface area contributed by atoms with Crippen LogP contribution in [0.4, 0.5) is 4.79 Å². The summed E-state index contributed by atoms with van der Waals surface area (Å²) in [5.74, 6) is -0.199. The van der Waals surface area contributed by atoms with Crippen LogP contribution in [0.2, 0.25) is 0 Å². The van der Waals surface area contributed by atoms with E-state index in [9.17, 15) is 14.4 Å². The standard InChI is InChI=1S/C16H18N6O3S2/c23-11(9-27-14-17-12(19-20-14)10-5-4-8-26-10)21-22-13(24)16(18-15(22)25)6-2-1-3-7-16/h4-5,8H,1-3,6-7,9H2,(H,18,25)(H,21,23)(H,17,19,20). The fraction of sp³-hybridized carbons (Fsp3) is 0.438. The molecule has 2 aliphatic rings. The van der Waals surface area contributed by atoms with Gasteiger partial charge < -0.3 is 5.32 Å². The van der Waals surface area contributed by atoms with Gasteiger partial charge in [0.15, 0.2) is 5.82 Å². The molecule has 0 aromatic carbocycles. The van der Waals surface area contributed by atoms with Gasteiger partial charge in [0, 0.05) is 0 Å². The Morgan fingerprint density at radius 1 is 1.33 bits per heavy atom. The molecule has 11 heteroatoms. The zero-order valence-corrected chi connectivity index (χ0v) is 16.0. The SMILES string of the molecule is O=C(CSc1n[nH]c(-c2cccs2)n1)NN1C(=O)NC2(CCCCC2)C1=O. The lowest BCUT2D eigenvalue weighted by molar-refractivity contribution is -0.139. The Labute approximate surface area is 163 Å². The van der Waals surface area contributed by atoms with E-state index in [-0.39, 0.29) is 11.7 Å². The van der Waals surface area contributed by atoms with Crippen molar-refractivity contribution < 1.29 is 14.4 Å². The van der Waals surface area contributed by atoms with E-state index in [0.717, 1.165) is 40.9 Å². The summed E-state index contributed by atoms with van der Waals surface area (Å²) in [4.78, 5) is 42.3. The first kappa shape index (κ1) is 18.0. The number of aromatic amines is 1. The normalized spacial score (nSPS) is 18.7. The van der Waals surface area contributed by atoms with Crippen LogP contribution < -0.4 is 10.7 Å². The lowest BCUT2D eigenvalue weighted by atomic mass is 9.82. The van der Waals surface area contributed by atoms with Crippen LogP contribution in [0, 0.1) is 0 Å². The Morgan fingerprint density at radius 2 is 2.15 bits per heavy atom. The molecule has 2 fully saturated rings. The van der Waals surface area contributed by atoms with Gasteiger partial charge in [-0.2, -0.15) is 5.01 Å². The first-order valence-electron chi connectivity index (χ1n) is 8.63. The third-order valence-corrected chi connectivity index (χ3v) is 6.38. The summed E-state index contributed by atoms with van der Waals surface area (Å²) >= 11 is 2.66. The van der Waals surface area contributed by atoms with Gasteiger partial charge in [-0.05, 0) is 24.3 Å². The number of amides is 4. The molecule has 1 spiro atoms. The number of carbonyl (C=O) groups is 3. The first-order valence-corrected chi connectivity index (χ1v) is 10.5. The monoisotopic (exact) mass is 406 g/mol. The molecule has 1 saturated carbocycles. The second kappa shape index (κ2) is 7.31. The number of hydrazine groups is 1. The lowest BCUT2D eigenvalue weighted by Gasteiger charge is -2.30. The zero-order valence-electron chi connectivity index (χ0n) is 14.4. The predicted octanol–water partition coefficient (Wildman–Crippen LogP) is 1.91. The number of nitrogens with one attached hydrogen (secondary N) is 3. The third kappa shape index (κ3) is 3.56. The molecule has 0 atom stereocenters. The van der Waals surface area contributed by atoms with E-state index in [1.54, 1.807) is 0 Å². The Hall–Kier alpha value is -2.40. The molecule has 1 aliphatic heterocycles. The number of hydrogen-bond acceptors (Lipinski definition) is 7. The molecule has 4 amide bonds. The van der Waals surface area contributed by atoms with Gasteiger partial charge in [0.05, 0.1) is 10.6 Å². The highest BCUT2D eigenvalue weighted by atomic mass is 32.2. The summed E-state index contributed by atoms with van der Waals surface area (Å²) in [5, 5.41) is 12.8. The maximum atomic E-state index is 12.6. The molecule has 9 nitrogen and oxygen atoms in total. The minimum Gasteiger partial charge on any atom is -0.322 e. The molecular weight excluding hydrogens is 388 g/mol. The number of nitrogens with zero attached hydrogens (tertiary/aromatic N) is 3. The average Bonchev–Trinajstić information content (AvgIpc) is 3.39. The molecule has 2 aromatic rings. The summed E-state index contributed by atoms with van der Waals surface area (Å²) in [6.45, 7) is 0. The van der Waals surface area contributed by atoms with E-state index in [1.165, 1.54) is 11.3 Å². The maximum absolute atomic E-state index is 12.6. The van der Waals surface area contributed by atoms with E-state index in [2.05, 4.69) is 25.9 Å². The third-order valence-electron chi connectivity index (χ3n) is 4.66. The van der Waals surface area contributed by atoms with Crippen molar-refractivity contribution in [3.8, 4) is 10.7 Å². The molecule has 0 unspecified atom stereocenters. The van der Waals surface area contributed by atoms with Crippen molar-refractivity contribution in [2.45, 2.75) is 42.8 Å². The molecule has 1 aliphatic carbocycles. The molecule has 0 bridgehead atoms. The van der Waals surface area contributed by atoms with Gasteiger partial charge >= 0.3 is 6.03 Å². The Kier molecular flexibility index (Phi) is 4.87. The van der Waals surface area contributed by atoms with E-state index < -0.39 is 17.5 Å². The van der Waals surface area contributed by atoms with Crippen molar-refractivity contribution >= 4 is 40.9 Å². The van der Waals surface area contributed by atoms with Gasteiger partial charge in [0.2, 0.25) is 11.1 Å². The van der Waals surface area contributed by atoms with E-state index in [0.29, 0.717) is 23.8 Å². The summed E-state index contributed by atoms with van der Waals surface area (Å²) in [6, 6.07) is 3.27. The Balaban J connectivity index is 1.33. The number of H-pyrrole nitrogens is 1. The van der Waals surface area contributed by atoms with Crippen LogP contribution in [-0.4, -0.2) is 49.3 Å². The highest BCUT2D eigenvalue weighted by molar-refractivity contribution is 7.99. The van der Waals surface area contributed by atoms with Gasteiger partial charge in [0.1, 0.15) is 5.54 Å². The van der Waals surface area contributed by atoms with Crippen molar-refractivity contribution in [3.05, 3.63) is 17.5 Å². The Morgan fingerprint density at radius 3 is 2.89 bits per heavy atom. The van der Waals surface area contributed by atoms with Crippen LogP contribution >= 0.6 is 23.1 Å². The van der Waals surface area contributed by atoms with Crippen LogP contribution in [0.15, 0.2) is 22.7 Å². The first-order chi connectivity index (χ1) is 13.1. The molecule has 4 rings (SSSR count). The van der Waals surface area contributed by atoms with Crippen molar-refractivity contribution in [2.24, 2.45) is 0 Å². The molecule has 142 valence electrons. The van der Waals surface area contributed by atoms with Crippen molar-refractivity contribution in [1.82, 2.24) is 30.9 Å². The molecule has 0 radical (unpaired) electrons. The fourth-order valence-corrected chi connectivity index (χ4v) is 4.59. The van der Waals surface area contributed by atoms with Crippen LogP contribution in [0.3, 0.4) is 0 Å². The molecule has 1 saturated heterocycles. The number of hydrogen-bond donors (Lipinski definition) is 3. The smallest absolute Gasteiger partial charge is 0.322 e. The topological polar surface area (TPSA) is 120 Å². The number of thioether (sulfide) groups is 1. The molecule has 2 aromatic heterocycles. The summed E-state index contributed by atoms with van der Waals surface area (Å²) in [7, 11) is 0. The van der Waals surface area contributed by atoms with E-state index in [1.807, 2.05) is 17.5 Å². The minimum atomic E-state index is -0.852. The maximum Gasteiger partial charge on any atom is 0.344 e. The second-order valence-corrected chi connectivity index (χ2v) is 8.37. The average molecular weight is 406 g/mol. The molecular formula is C16H18N6O3S2. The van der Waals surface area contributed by atoms with Crippen LogP contribution in [0.5, 0.6) is 0 Å². The van der Waals surface area contributed by atoms with Gasteiger partial charge in [-0.25, -0.2) is 9.78 Å². The molecule has 27 heavy (non-hydrogen) atoms. The molecule has 3 N–H and O–H groups in total. The van der Waals surface area contributed by atoms with Crippen molar-refractivity contribution in [2.75, 3.05) is 5.75 Å². The number of imide groups is 1. The zero-order chi connectivity index (χ0) is 18.9. The summed E-state index contributed by atoms with van der Waals surface area (Å²) in [5.41, 5.74) is 1.55. The number of thiophene rings is 1. The van der Waals surface area contributed by atoms with Gasteiger partial charge in [-0.1, -0.05) is 37.1 Å². The molecule has 3 heterocycles. The number of urea groups is 1. The minimum absolute atomic E-state index is 0.00814. The van der Waals surface area contributed by atoms with Crippen LogP contribution in [-0.2, 0) is 9.59 Å². The predicted molar refractivity (Wildman–Crippen MR) is 99.8 cm³/mol. The van der Waals surface area contributed by atoms with Crippen LogP contribution in [0.1, 0.15) is 32.1 Å². The van der Waals surface area contributed by atoms with Gasteiger partial charge in [0.25, 0.3) is 5.91 Å². The van der Waals surface area contributed by atoms with E-state index in [4.69, 9.17) is 0 Å². The largest absolute Gasteiger partial charge is 0.344 e. The summed E-state index contributed by atoms with van der Waals surface area (Å²) < 4.78 is 0. The lowest BCUT2D eigenvalue weighted by Crippen LogP contribution is -2.51. The van der Waals surface area contributed by atoms with Crippen molar-refractivity contribution in [3.63, 3.8) is 0 Å². The number of aromatic nitrogens is 3. The number of carbonyl (C=O) groups excluding carboxylic acids is 3. The highest BCUT2D eigenvalue weighted by Crippen LogP contribution is 2.33. The van der Waals surface area contributed by atoms with E-state index >= 15 is 0 Å². The van der Waals surface area contributed by atoms with Gasteiger partial charge in [-0.3, -0.25) is 20.1 Å². The second-order valence-electron chi connectivity index (χ2n) is 6.48. The van der Waals surface area contributed by atoms with Crippen LogP contribution in [0.25, 0.3) is 10.7 Å².